The van der Waals surface area contributed by atoms with Crippen LogP contribution in [0.5, 0.6) is 5.75 Å². The maximum absolute atomic E-state index is 11.4. The minimum Gasteiger partial charge on any atom is -0.493 e. The first-order valence-electron chi connectivity index (χ1n) is 4.86. The summed E-state index contributed by atoms with van der Waals surface area (Å²) in [5, 5.41) is 6.41. The van der Waals surface area contributed by atoms with Crippen molar-refractivity contribution in [2.24, 2.45) is 5.16 Å². The van der Waals surface area contributed by atoms with E-state index in [0.29, 0.717) is 22.2 Å². The maximum Gasteiger partial charge on any atom is 0.437 e. The van der Waals surface area contributed by atoms with Crippen molar-refractivity contribution < 1.29 is 14.4 Å². The van der Waals surface area contributed by atoms with Gasteiger partial charge in [0.05, 0.1) is 23.5 Å². The third kappa shape index (κ3) is 3.96. The summed E-state index contributed by atoms with van der Waals surface area (Å²) in [6, 6.07) is 4.99. The summed E-state index contributed by atoms with van der Waals surface area (Å²) < 4.78 is 5.06. The summed E-state index contributed by atoms with van der Waals surface area (Å²) >= 11 is 5.90. The Balaban J connectivity index is 2.78. The Morgan fingerprint density at radius 3 is 2.71 bits per heavy atom. The van der Waals surface area contributed by atoms with Crippen LogP contribution in [0, 0.1) is 0 Å². The maximum atomic E-state index is 11.4. The minimum atomic E-state index is -0.702. The van der Waals surface area contributed by atoms with Gasteiger partial charge in [0.25, 0.3) is 0 Å². The molecule has 0 saturated carbocycles. The van der Waals surface area contributed by atoms with Crippen molar-refractivity contribution in [2.75, 3.05) is 12.4 Å². The number of oxime groups is 1. The third-order valence-electron chi connectivity index (χ3n) is 1.72. The second kappa shape index (κ2) is 6.10. The number of halogens is 1. The molecule has 1 amide bonds. The lowest BCUT2D eigenvalue weighted by Crippen LogP contribution is -2.12. The van der Waals surface area contributed by atoms with Gasteiger partial charge in [0.15, 0.2) is 5.75 Å². The van der Waals surface area contributed by atoms with E-state index in [-0.39, 0.29) is 0 Å². The number of hydrogen-bond acceptors (Lipinski definition) is 4. The average Bonchev–Trinajstić information content (AvgIpc) is 2.27. The van der Waals surface area contributed by atoms with E-state index < -0.39 is 6.09 Å². The number of methoxy groups -OCH3 is 1. The first kappa shape index (κ1) is 13.3. The monoisotopic (exact) mass is 256 g/mol. The highest BCUT2D eigenvalue weighted by molar-refractivity contribution is 6.32. The van der Waals surface area contributed by atoms with Crippen LogP contribution < -0.4 is 10.1 Å². The smallest absolute Gasteiger partial charge is 0.437 e. The zero-order chi connectivity index (χ0) is 12.8. The standard InChI is InChI=1S/C11H13ClN2O3/c1-7(2)14-17-11(15)13-9-6-4-5-8(12)10(9)16-3/h4-6H,1-3H3,(H,13,15). The number of hydrogen-bond donors (Lipinski definition) is 1. The molecule has 0 heterocycles. The molecule has 1 N–H and O–H groups in total. The van der Waals surface area contributed by atoms with Gasteiger partial charge in [-0.05, 0) is 26.0 Å². The Kier molecular flexibility index (Phi) is 4.78. The molecule has 0 spiro atoms. The SMILES string of the molecule is COc1c(Cl)cccc1NC(=O)ON=C(C)C. The fourth-order valence-electron chi connectivity index (χ4n) is 1.08. The molecule has 0 fully saturated rings. The summed E-state index contributed by atoms with van der Waals surface area (Å²) in [4.78, 5) is 15.9. The van der Waals surface area contributed by atoms with Gasteiger partial charge in [0.1, 0.15) is 0 Å². The van der Waals surface area contributed by atoms with Gasteiger partial charge in [0.2, 0.25) is 0 Å². The van der Waals surface area contributed by atoms with Crippen LogP contribution in [0.3, 0.4) is 0 Å². The molecule has 0 aliphatic carbocycles. The predicted octanol–water partition coefficient (Wildman–Crippen LogP) is 3.29. The number of anilines is 1. The van der Waals surface area contributed by atoms with E-state index in [9.17, 15) is 4.79 Å². The molecule has 0 bridgehead atoms. The van der Waals surface area contributed by atoms with Crippen molar-refractivity contribution in [1.82, 2.24) is 0 Å². The predicted molar refractivity (Wildman–Crippen MR) is 66.9 cm³/mol. The Morgan fingerprint density at radius 1 is 1.41 bits per heavy atom. The van der Waals surface area contributed by atoms with Crippen molar-refractivity contribution in [3.8, 4) is 5.75 Å². The van der Waals surface area contributed by atoms with E-state index in [0.717, 1.165) is 0 Å². The molecule has 0 aliphatic rings. The average molecular weight is 257 g/mol. The number of carbonyl (C=O) groups is 1. The summed E-state index contributed by atoms with van der Waals surface area (Å²) in [6.45, 7) is 3.43. The van der Waals surface area contributed by atoms with Crippen molar-refractivity contribution in [2.45, 2.75) is 13.8 Å². The Labute approximate surface area is 104 Å². The van der Waals surface area contributed by atoms with E-state index >= 15 is 0 Å². The van der Waals surface area contributed by atoms with Crippen molar-refractivity contribution >= 4 is 29.1 Å². The fourth-order valence-corrected chi connectivity index (χ4v) is 1.33. The molecule has 1 rings (SSSR count). The molecule has 0 atom stereocenters. The van der Waals surface area contributed by atoms with Gasteiger partial charge in [-0.25, -0.2) is 4.79 Å². The van der Waals surface area contributed by atoms with E-state index in [1.807, 2.05) is 0 Å². The van der Waals surface area contributed by atoms with Crippen LogP contribution in [0.15, 0.2) is 23.4 Å². The largest absolute Gasteiger partial charge is 0.493 e. The highest BCUT2D eigenvalue weighted by atomic mass is 35.5. The molecule has 0 unspecified atom stereocenters. The second-order valence-electron chi connectivity index (χ2n) is 3.36. The quantitative estimate of drug-likeness (QED) is 0.513. The lowest BCUT2D eigenvalue weighted by atomic mass is 10.3. The highest BCUT2D eigenvalue weighted by Gasteiger charge is 2.10. The summed E-state index contributed by atoms with van der Waals surface area (Å²) in [7, 11) is 1.46. The number of para-hydroxylation sites is 1. The third-order valence-corrected chi connectivity index (χ3v) is 2.02. The summed E-state index contributed by atoms with van der Waals surface area (Å²) in [6.07, 6.45) is -0.702. The van der Waals surface area contributed by atoms with E-state index in [1.54, 1.807) is 32.0 Å². The van der Waals surface area contributed by atoms with Crippen LogP contribution >= 0.6 is 11.6 Å². The molecule has 1 aromatic carbocycles. The van der Waals surface area contributed by atoms with Gasteiger partial charge in [-0.3, -0.25) is 10.2 Å². The molecule has 0 aliphatic heterocycles. The molecule has 0 saturated heterocycles. The molecule has 17 heavy (non-hydrogen) atoms. The number of benzene rings is 1. The van der Waals surface area contributed by atoms with Crippen LogP contribution in [0.2, 0.25) is 5.02 Å². The summed E-state index contributed by atoms with van der Waals surface area (Å²) in [5.74, 6) is 0.378. The minimum absolute atomic E-state index is 0.378. The normalized spacial score (nSPS) is 9.41. The molecule has 0 radical (unpaired) electrons. The number of ether oxygens (including phenoxy) is 1. The Morgan fingerprint density at radius 2 is 2.12 bits per heavy atom. The number of carbonyl (C=O) groups excluding carboxylic acids is 1. The Hall–Kier alpha value is -1.75. The van der Waals surface area contributed by atoms with E-state index in [1.165, 1.54) is 7.11 Å². The molecular weight excluding hydrogens is 244 g/mol. The molecule has 5 nitrogen and oxygen atoms in total. The topological polar surface area (TPSA) is 59.9 Å². The fraction of sp³-hybridized carbons (Fsp3) is 0.273. The van der Waals surface area contributed by atoms with Crippen molar-refractivity contribution in [3.63, 3.8) is 0 Å². The molecule has 0 aromatic heterocycles. The highest BCUT2D eigenvalue weighted by Crippen LogP contribution is 2.32. The van der Waals surface area contributed by atoms with E-state index in [4.69, 9.17) is 16.3 Å². The van der Waals surface area contributed by atoms with Gasteiger partial charge in [-0.15, -0.1) is 0 Å². The second-order valence-corrected chi connectivity index (χ2v) is 3.77. The molecule has 92 valence electrons. The van der Waals surface area contributed by atoms with Crippen LogP contribution in [-0.4, -0.2) is 18.9 Å². The van der Waals surface area contributed by atoms with Crippen molar-refractivity contribution in [3.05, 3.63) is 23.2 Å². The van der Waals surface area contributed by atoms with Crippen LogP contribution in [-0.2, 0) is 4.84 Å². The number of nitrogens with one attached hydrogen (secondary N) is 1. The van der Waals surface area contributed by atoms with Gasteiger partial charge < -0.3 is 4.74 Å². The van der Waals surface area contributed by atoms with Crippen LogP contribution in [0.1, 0.15) is 13.8 Å². The summed E-state index contributed by atoms with van der Waals surface area (Å²) in [5.41, 5.74) is 1.06. The van der Waals surface area contributed by atoms with Gasteiger partial charge in [0, 0.05) is 0 Å². The van der Waals surface area contributed by atoms with Gasteiger partial charge in [-0.1, -0.05) is 22.8 Å². The van der Waals surface area contributed by atoms with Crippen molar-refractivity contribution in [1.29, 1.82) is 0 Å². The number of nitrogens with zero attached hydrogens (tertiary/aromatic N) is 1. The molecule has 6 heteroatoms. The van der Waals surface area contributed by atoms with Gasteiger partial charge >= 0.3 is 6.09 Å². The molecule has 1 aromatic rings. The zero-order valence-corrected chi connectivity index (χ0v) is 10.5. The van der Waals surface area contributed by atoms with Crippen LogP contribution in [0.25, 0.3) is 0 Å². The van der Waals surface area contributed by atoms with Crippen LogP contribution in [0.4, 0.5) is 10.5 Å². The molecular formula is C11H13ClN2O3. The first-order chi connectivity index (χ1) is 8.04. The van der Waals surface area contributed by atoms with E-state index in [2.05, 4.69) is 15.3 Å². The lowest BCUT2D eigenvalue weighted by Gasteiger charge is -2.09. The Bertz CT molecular complexity index is 442. The lowest BCUT2D eigenvalue weighted by molar-refractivity contribution is 0.166. The number of rotatable bonds is 3. The first-order valence-corrected chi connectivity index (χ1v) is 5.24. The number of amides is 1. The zero-order valence-electron chi connectivity index (χ0n) is 9.78. The van der Waals surface area contributed by atoms with Gasteiger partial charge in [-0.2, -0.15) is 0 Å².